The topological polar surface area (TPSA) is 64.1 Å². The van der Waals surface area contributed by atoms with E-state index in [0.29, 0.717) is 35.7 Å². The SMILES string of the molecule is O=C(NC1(c2ccc(CF)nc2)CCOc2cccnc21)c1ccccc1. The predicted molar refractivity (Wildman–Crippen MR) is 98.1 cm³/mol. The first-order valence-corrected chi connectivity index (χ1v) is 8.70. The summed E-state index contributed by atoms with van der Waals surface area (Å²) in [6, 6.07) is 16.0. The lowest BCUT2D eigenvalue weighted by atomic mass is 9.82. The number of nitrogens with one attached hydrogen (secondary N) is 1. The minimum absolute atomic E-state index is 0.219. The Balaban J connectivity index is 1.82. The van der Waals surface area contributed by atoms with E-state index in [0.717, 1.165) is 5.56 Å². The molecule has 1 aliphatic heterocycles. The van der Waals surface area contributed by atoms with Crippen molar-refractivity contribution < 1.29 is 13.9 Å². The Kier molecular flexibility index (Phi) is 4.54. The van der Waals surface area contributed by atoms with E-state index in [9.17, 15) is 9.18 Å². The summed E-state index contributed by atoms with van der Waals surface area (Å²) in [6.45, 7) is -0.222. The number of benzene rings is 1. The van der Waals surface area contributed by atoms with Gasteiger partial charge in [0, 0.05) is 29.9 Å². The predicted octanol–water partition coefficient (Wildman–Crippen LogP) is 3.40. The molecule has 0 radical (unpaired) electrons. The largest absolute Gasteiger partial charge is 0.491 e. The van der Waals surface area contributed by atoms with Gasteiger partial charge in [-0.1, -0.05) is 24.3 Å². The van der Waals surface area contributed by atoms with Crippen LogP contribution in [0, 0.1) is 0 Å². The Morgan fingerprint density at radius 1 is 1.11 bits per heavy atom. The highest BCUT2D eigenvalue weighted by Crippen LogP contribution is 2.40. The molecular formula is C21H18FN3O2. The van der Waals surface area contributed by atoms with Crippen molar-refractivity contribution in [2.75, 3.05) is 6.61 Å². The number of pyridine rings is 2. The van der Waals surface area contributed by atoms with Gasteiger partial charge in [-0.25, -0.2) is 4.39 Å². The standard InChI is InChI=1S/C21H18FN3O2/c22-13-17-9-8-16(14-24-17)21(25-20(26)15-5-2-1-3-6-15)10-12-27-18-7-4-11-23-19(18)21/h1-9,11,14H,10,12-13H2,(H,25,26). The maximum Gasteiger partial charge on any atom is 0.252 e. The molecule has 0 aliphatic carbocycles. The lowest BCUT2D eigenvalue weighted by Gasteiger charge is -2.38. The van der Waals surface area contributed by atoms with Crippen LogP contribution in [-0.2, 0) is 12.2 Å². The first-order valence-electron chi connectivity index (χ1n) is 8.70. The Hall–Kier alpha value is -3.28. The summed E-state index contributed by atoms with van der Waals surface area (Å²) in [7, 11) is 0. The second-order valence-corrected chi connectivity index (χ2v) is 6.35. The van der Waals surface area contributed by atoms with Crippen LogP contribution < -0.4 is 10.1 Å². The summed E-state index contributed by atoms with van der Waals surface area (Å²) < 4.78 is 18.6. The van der Waals surface area contributed by atoms with Crippen LogP contribution in [0.25, 0.3) is 0 Å². The van der Waals surface area contributed by atoms with E-state index >= 15 is 0 Å². The number of hydrogen-bond donors (Lipinski definition) is 1. The number of alkyl halides is 1. The fourth-order valence-corrected chi connectivity index (χ4v) is 3.35. The molecule has 0 fully saturated rings. The van der Waals surface area contributed by atoms with Crippen molar-refractivity contribution in [1.82, 2.24) is 15.3 Å². The minimum atomic E-state index is -0.899. The maximum absolute atomic E-state index is 13.0. The van der Waals surface area contributed by atoms with Crippen molar-refractivity contribution in [2.45, 2.75) is 18.6 Å². The van der Waals surface area contributed by atoms with Gasteiger partial charge in [0.15, 0.2) is 0 Å². The average Bonchev–Trinajstić information content (AvgIpc) is 2.74. The molecule has 5 nitrogen and oxygen atoms in total. The minimum Gasteiger partial charge on any atom is -0.491 e. The lowest BCUT2D eigenvalue weighted by molar-refractivity contribution is 0.0883. The van der Waals surface area contributed by atoms with E-state index in [2.05, 4.69) is 15.3 Å². The van der Waals surface area contributed by atoms with E-state index in [-0.39, 0.29) is 5.91 Å². The molecule has 136 valence electrons. The number of rotatable bonds is 4. The molecule has 4 rings (SSSR count). The van der Waals surface area contributed by atoms with Crippen LogP contribution in [0.1, 0.15) is 33.7 Å². The number of amides is 1. The zero-order valence-electron chi connectivity index (χ0n) is 14.6. The van der Waals surface area contributed by atoms with Gasteiger partial charge in [0.05, 0.1) is 12.3 Å². The molecule has 1 atom stereocenters. The van der Waals surface area contributed by atoms with Gasteiger partial charge in [0.1, 0.15) is 23.7 Å². The fraction of sp³-hybridized carbons (Fsp3) is 0.190. The van der Waals surface area contributed by atoms with E-state index in [1.54, 1.807) is 42.7 Å². The average molecular weight is 363 g/mol. The second kappa shape index (κ2) is 7.15. The molecule has 0 spiro atoms. The van der Waals surface area contributed by atoms with Gasteiger partial charge in [0.25, 0.3) is 5.91 Å². The van der Waals surface area contributed by atoms with Crippen LogP contribution in [0.3, 0.4) is 0 Å². The number of carbonyl (C=O) groups excluding carboxylic acids is 1. The summed E-state index contributed by atoms with van der Waals surface area (Å²) in [4.78, 5) is 21.6. The molecule has 27 heavy (non-hydrogen) atoms. The number of hydrogen-bond acceptors (Lipinski definition) is 4. The van der Waals surface area contributed by atoms with Crippen molar-refractivity contribution in [3.05, 3.63) is 89.5 Å². The van der Waals surface area contributed by atoms with Crippen LogP contribution >= 0.6 is 0 Å². The Bertz CT molecular complexity index is 947. The molecule has 0 saturated heterocycles. The Morgan fingerprint density at radius 2 is 1.96 bits per heavy atom. The summed E-state index contributed by atoms with van der Waals surface area (Å²) >= 11 is 0. The Labute approximate surface area is 156 Å². The zero-order valence-corrected chi connectivity index (χ0v) is 14.6. The highest BCUT2D eigenvalue weighted by molar-refractivity contribution is 5.95. The van der Waals surface area contributed by atoms with E-state index in [1.165, 1.54) is 0 Å². The van der Waals surface area contributed by atoms with Gasteiger partial charge in [-0.2, -0.15) is 0 Å². The fourth-order valence-electron chi connectivity index (χ4n) is 3.35. The number of nitrogens with zero attached hydrogens (tertiary/aromatic N) is 2. The smallest absolute Gasteiger partial charge is 0.252 e. The van der Waals surface area contributed by atoms with Crippen molar-refractivity contribution in [3.63, 3.8) is 0 Å². The van der Waals surface area contributed by atoms with Crippen molar-refractivity contribution in [2.24, 2.45) is 0 Å². The molecule has 0 bridgehead atoms. The molecule has 1 amide bonds. The van der Waals surface area contributed by atoms with Crippen LogP contribution in [0.4, 0.5) is 4.39 Å². The highest BCUT2D eigenvalue weighted by atomic mass is 19.1. The number of halogens is 1. The molecule has 1 unspecified atom stereocenters. The normalized spacial score (nSPS) is 18.3. The first kappa shape index (κ1) is 17.1. The third kappa shape index (κ3) is 3.14. The van der Waals surface area contributed by atoms with Crippen molar-refractivity contribution >= 4 is 5.91 Å². The third-order valence-corrected chi connectivity index (χ3v) is 4.73. The van der Waals surface area contributed by atoms with Crippen molar-refractivity contribution in [1.29, 1.82) is 0 Å². The number of fused-ring (bicyclic) bond motifs is 1. The monoisotopic (exact) mass is 363 g/mol. The highest BCUT2D eigenvalue weighted by Gasteiger charge is 2.42. The van der Waals surface area contributed by atoms with Crippen molar-refractivity contribution in [3.8, 4) is 5.75 Å². The molecule has 3 heterocycles. The summed E-state index contributed by atoms with van der Waals surface area (Å²) in [5.74, 6) is 0.398. The summed E-state index contributed by atoms with van der Waals surface area (Å²) in [6.07, 6.45) is 3.76. The number of aromatic nitrogens is 2. The van der Waals surface area contributed by atoms with E-state index < -0.39 is 12.2 Å². The van der Waals surface area contributed by atoms with E-state index in [1.807, 2.05) is 24.3 Å². The summed E-state index contributed by atoms with van der Waals surface area (Å²) in [5.41, 5.74) is 1.36. The maximum atomic E-state index is 13.0. The van der Waals surface area contributed by atoms with Gasteiger partial charge in [-0.15, -0.1) is 0 Å². The van der Waals surface area contributed by atoms with Gasteiger partial charge in [-0.05, 0) is 30.3 Å². The van der Waals surface area contributed by atoms with E-state index in [4.69, 9.17) is 4.74 Å². The molecule has 1 aliphatic rings. The van der Waals surface area contributed by atoms with Gasteiger partial charge in [0.2, 0.25) is 0 Å². The first-order chi connectivity index (χ1) is 13.2. The molecule has 1 aromatic carbocycles. The van der Waals surface area contributed by atoms with Gasteiger partial charge >= 0.3 is 0 Å². The molecular weight excluding hydrogens is 345 g/mol. The van der Waals surface area contributed by atoms with Crippen LogP contribution in [-0.4, -0.2) is 22.5 Å². The molecule has 1 N–H and O–H groups in total. The third-order valence-electron chi connectivity index (χ3n) is 4.73. The Morgan fingerprint density at radius 3 is 2.70 bits per heavy atom. The van der Waals surface area contributed by atoms with Crippen LogP contribution in [0.2, 0.25) is 0 Å². The number of carbonyl (C=O) groups is 1. The molecule has 2 aromatic heterocycles. The van der Waals surface area contributed by atoms with Gasteiger partial charge in [-0.3, -0.25) is 14.8 Å². The number of ether oxygens (including phenoxy) is 1. The molecule has 0 saturated carbocycles. The second-order valence-electron chi connectivity index (χ2n) is 6.35. The molecule has 3 aromatic rings. The zero-order chi connectivity index (χ0) is 18.7. The quantitative estimate of drug-likeness (QED) is 0.772. The lowest BCUT2D eigenvalue weighted by Crippen LogP contribution is -2.50. The van der Waals surface area contributed by atoms with Crippen LogP contribution in [0.15, 0.2) is 67.0 Å². The molecule has 6 heteroatoms. The summed E-state index contributed by atoms with van der Waals surface area (Å²) in [5, 5.41) is 3.14. The van der Waals surface area contributed by atoms with Gasteiger partial charge < -0.3 is 10.1 Å². The van der Waals surface area contributed by atoms with Crippen LogP contribution in [0.5, 0.6) is 5.75 Å².